The molecule has 1 aromatic carbocycles. The van der Waals surface area contributed by atoms with Gasteiger partial charge in [-0.25, -0.2) is 12.7 Å². The summed E-state index contributed by atoms with van der Waals surface area (Å²) in [6.07, 6.45) is 0.650. The molecule has 0 bridgehead atoms. The zero-order valence-corrected chi connectivity index (χ0v) is 14.8. The lowest BCUT2D eigenvalue weighted by Crippen LogP contribution is -2.34. The first-order valence-electron chi connectivity index (χ1n) is 6.64. The first kappa shape index (κ1) is 17.6. The molecule has 2 N–H and O–H groups in total. The minimum Gasteiger partial charge on any atom is -0.327 e. The van der Waals surface area contributed by atoms with Crippen LogP contribution < -0.4 is 5.73 Å². The molecule has 0 saturated heterocycles. The van der Waals surface area contributed by atoms with Crippen LogP contribution in [0.2, 0.25) is 0 Å². The molecule has 0 amide bonds. The molecule has 0 radical (unpaired) electrons. The standard InChI is InChI=1S/C14H23BrN2O2S/c1-10(2)13(16)7-8-17(4)20(18,19)14-6-5-11(3)9-12(14)15/h5-6,9-10,13H,7-8,16H2,1-4H3. The largest absolute Gasteiger partial charge is 0.327 e. The maximum Gasteiger partial charge on any atom is 0.243 e. The van der Waals surface area contributed by atoms with Crippen LogP contribution >= 0.6 is 15.9 Å². The fourth-order valence-electron chi connectivity index (χ4n) is 1.77. The molecule has 0 aliphatic carbocycles. The average Bonchev–Trinajstić information content (AvgIpc) is 2.34. The van der Waals surface area contributed by atoms with Crippen molar-refractivity contribution in [2.24, 2.45) is 11.7 Å². The minimum atomic E-state index is -3.48. The van der Waals surface area contributed by atoms with Crippen LogP contribution in [-0.4, -0.2) is 32.4 Å². The van der Waals surface area contributed by atoms with E-state index in [2.05, 4.69) is 15.9 Å². The van der Waals surface area contributed by atoms with Gasteiger partial charge in [0.2, 0.25) is 10.0 Å². The number of hydrogen-bond acceptors (Lipinski definition) is 3. The summed E-state index contributed by atoms with van der Waals surface area (Å²) >= 11 is 3.32. The molecule has 0 heterocycles. The summed E-state index contributed by atoms with van der Waals surface area (Å²) in [5.41, 5.74) is 6.98. The van der Waals surface area contributed by atoms with Crippen LogP contribution in [0, 0.1) is 12.8 Å². The van der Waals surface area contributed by atoms with Crippen molar-refractivity contribution in [3.63, 3.8) is 0 Å². The van der Waals surface area contributed by atoms with E-state index in [-0.39, 0.29) is 6.04 Å². The molecule has 1 aromatic rings. The molecule has 20 heavy (non-hydrogen) atoms. The summed E-state index contributed by atoms with van der Waals surface area (Å²) in [6, 6.07) is 5.24. The SMILES string of the molecule is Cc1ccc(S(=O)(=O)N(C)CCC(N)C(C)C)c(Br)c1. The minimum absolute atomic E-state index is 0.00843. The lowest BCUT2D eigenvalue weighted by molar-refractivity contribution is 0.397. The molecule has 0 fully saturated rings. The van der Waals surface area contributed by atoms with Gasteiger partial charge in [-0.15, -0.1) is 0 Å². The Bertz CT molecular complexity index is 558. The summed E-state index contributed by atoms with van der Waals surface area (Å²) < 4.78 is 27.0. The Morgan fingerprint density at radius 3 is 2.45 bits per heavy atom. The van der Waals surface area contributed by atoms with Gasteiger partial charge in [0.15, 0.2) is 0 Å². The molecule has 1 atom stereocenters. The van der Waals surface area contributed by atoms with E-state index in [0.29, 0.717) is 28.3 Å². The van der Waals surface area contributed by atoms with Gasteiger partial charge in [-0.05, 0) is 52.9 Å². The number of nitrogens with zero attached hydrogens (tertiary/aromatic N) is 1. The van der Waals surface area contributed by atoms with Crippen LogP contribution in [-0.2, 0) is 10.0 Å². The monoisotopic (exact) mass is 362 g/mol. The normalized spacial score (nSPS) is 14.0. The fraction of sp³-hybridized carbons (Fsp3) is 0.571. The fourth-order valence-corrected chi connectivity index (χ4v) is 4.10. The van der Waals surface area contributed by atoms with Crippen molar-refractivity contribution in [3.8, 4) is 0 Å². The van der Waals surface area contributed by atoms with E-state index in [4.69, 9.17) is 5.73 Å². The van der Waals surface area contributed by atoms with E-state index in [1.807, 2.05) is 20.8 Å². The average molecular weight is 363 g/mol. The Morgan fingerprint density at radius 2 is 1.95 bits per heavy atom. The summed E-state index contributed by atoms with van der Waals surface area (Å²) in [6.45, 7) is 6.42. The molecular weight excluding hydrogens is 340 g/mol. The zero-order valence-electron chi connectivity index (χ0n) is 12.4. The van der Waals surface area contributed by atoms with E-state index in [1.165, 1.54) is 4.31 Å². The zero-order chi connectivity index (χ0) is 15.5. The third-order valence-corrected chi connectivity index (χ3v) is 6.24. The molecule has 0 aliphatic rings. The number of nitrogens with two attached hydrogens (primary N) is 1. The molecule has 114 valence electrons. The molecular formula is C14H23BrN2O2S. The second kappa shape index (κ2) is 7.02. The smallest absolute Gasteiger partial charge is 0.243 e. The van der Waals surface area contributed by atoms with E-state index < -0.39 is 10.0 Å². The molecule has 1 unspecified atom stereocenters. The number of aryl methyl sites for hydroxylation is 1. The van der Waals surface area contributed by atoms with Gasteiger partial charge < -0.3 is 5.73 Å². The lowest BCUT2D eigenvalue weighted by atomic mass is 10.0. The van der Waals surface area contributed by atoms with Crippen LogP contribution in [0.1, 0.15) is 25.8 Å². The molecule has 4 nitrogen and oxygen atoms in total. The van der Waals surface area contributed by atoms with E-state index in [1.54, 1.807) is 25.2 Å². The van der Waals surface area contributed by atoms with Crippen LogP contribution in [0.25, 0.3) is 0 Å². The molecule has 0 aliphatic heterocycles. The van der Waals surface area contributed by atoms with Crippen LogP contribution in [0.4, 0.5) is 0 Å². The van der Waals surface area contributed by atoms with Crippen LogP contribution in [0.3, 0.4) is 0 Å². The Balaban J connectivity index is 2.87. The Labute approximate surface area is 130 Å². The number of sulfonamides is 1. The summed E-state index contributed by atoms with van der Waals surface area (Å²) in [5.74, 6) is 0.345. The summed E-state index contributed by atoms with van der Waals surface area (Å²) in [7, 11) is -1.88. The van der Waals surface area contributed by atoms with Crippen molar-refractivity contribution in [2.45, 2.75) is 38.1 Å². The summed E-state index contributed by atoms with van der Waals surface area (Å²) in [4.78, 5) is 0.295. The van der Waals surface area contributed by atoms with Crippen molar-refractivity contribution in [2.75, 3.05) is 13.6 Å². The first-order valence-corrected chi connectivity index (χ1v) is 8.87. The quantitative estimate of drug-likeness (QED) is 0.845. The van der Waals surface area contributed by atoms with Gasteiger partial charge >= 0.3 is 0 Å². The van der Waals surface area contributed by atoms with E-state index in [9.17, 15) is 8.42 Å². The van der Waals surface area contributed by atoms with Gasteiger partial charge in [-0.2, -0.15) is 0 Å². The molecule has 0 saturated carbocycles. The second-order valence-corrected chi connectivity index (χ2v) is 8.32. The highest BCUT2D eigenvalue weighted by molar-refractivity contribution is 9.10. The maximum atomic E-state index is 12.5. The maximum absolute atomic E-state index is 12.5. The molecule has 0 aromatic heterocycles. The highest BCUT2D eigenvalue weighted by atomic mass is 79.9. The number of hydrogen-bond donors (Lipinski definition) is 1. The van der Waals surface area contributed by atoms with Crippen molar-refractivity contribution < 1.29 is 8.42 Å². The lowest BCUT2D eigenvalue weighted by Gasteiger charge is -2.21. The summed E-state index contributed by atoms with van der Waals surface area (Å²) in [5, 5.41) is 0. The number of rotatable bonds is 6. The van der Waals surface area contributed by atoms with Gasteiger partial charge in [0, 0.05) is 24.1 Å². The van der Waals surface area contributed by atoms with Gasteiger partial charge in [0.25, 0.3) is 0 Å². The van der Waals surface area contributed by atoms with E-state index >= 15 is 0 Å². The van der Waals surface area contributed by atoms with Crippen molar-refractivity contribution in [3.05, 3.63) is 28.2 Å². The third kappa shape index (κ3) is 4.28. The third-order valence-electron chi connectivity index (χ3n) is 3.41. The van der Waals surface area contributed by atoms with Crippen molar-refractivity contribution in [1.29, 1.82) is 0 Å². The van der Waals surface area contributed by atoms with Crippen LogP contribution in [0.5, 0.6) is 0 Å². The highest BCUT2D eigenvalue weighted by Gasteiger charge is 2.23. The Hall–Kier alpha value is -0.430. The topological polar surface area (TPSA) is 63.4 Å². The number of halogens is 1. The first-order chi connectivity index (χ1) is 9.16. The van der Waals surface area contributed by atoms with Crippen molar-refractivity contribution in [1.82, 2.24) is 4.31 Å². The number of benzene rings is 1. The predicted octanol–water partition coefficient (Wildman–Crippen LogP) is 2.75. The predicted molar refractivity (Wildman–Crippen MR) is 86.1 cm³/mol. The second-order valence-electron chi connectivity index (χ2n) is 5.46. The van der Waals surface area contributed by atoms with Crippen LogP contribution in [0.15, 0.2) is 27.6 Å². The van der Waals surface area contributed by atoms with Gasteiger partial charge in [-0.1, -0.05) is 19.9 Å². The van der Waals surface area contributed by atoms with Gasteiger partial charge in [-0.3, -0.25) is 0 Å². The Morgan fingerprint density at radius 1 is 1.35 bits per heavy atom. The highest BCUT2D eigenvalue weighted by Crippen LogP contribution is 2.25. The Kier molecular flexibility index (Phi) is 6.19. The molecule has 1 rings (SSSR count). The van der Waals surface area contributed by atoms with Gasteiger partial charge in [0.05, 0.1) is 4.90 Å². The molecule has 6 heteroatoms. The van der Waals surface area contributed by atoms with Crippen molar-refractivity contribution >= 4 is 26.0 Å². The van der Waals surface area contributed by atoms with E-state index in [0.717, 1.165) is 5.56 Å². The van der Waals surface area contributed by atoms with Gasteiger partial charge in [0.1, 0.15) is 0 Å². The molecule has 0 spiro atoms.